The van der Waals surface area contributed by atoms with Gasteiger partial charge in [-0.3, -0.25) is 0 Å². The van der Waals surface area contributed by atoms with Crippen molar-refractivity contribution in [3.05, 3.63) is 35.1 Å². The highest BCUT2D eigenvalue weighted by atomic mass is 19.1. The Hall–Kier alpha value is -0.890. The molecule has 1 atom stereocenters. The number of hydrogen-bond donors (Lipinski definition) is 1. The van der Waals surface area contributed by atoms with Gasteiger partial charge in [0.2, 0.25) is 0 Å². The van der Waals surface area contributed by atoms with Crippen LogP contribution in [0.25, 0.3) is 0 Å². The van der Waals surface area contributed by atoms with Gasteiger partial charge in [-0.15, -0.1) is 0 Å². The van der Waals surface area contributed by atoms with Crippen LogP contribution < -0.4 is 5.32 Å². The van der Waals surface area contributed by atoms with E-state index in [2.05, 4.69) is 19.2 Å². The third kappa shape index (κ3) is 2.05. The van der Waals surface area contributed by atoms with Crippen molar-refractivity contribution in [1.82, 2.24) is 5.32 Å². The van der Waals surface area contributed by atoms with Crippen LogP contribution in [-0.4, -0.2) is 6.54 Å². The summed E-state index contributed by atoms with van der Waals surface area (Å²) in [6.45, 7) is 5.25. The fourth-order valence-electron chi connectivity index (χ4n) is 2.36. The van der Waals surface area contributed by atoms with Crippen molar-refractivity contribution in [3.63, 3.8) is 0 Å². The highest BCUT2D eigenvalue weighted by Gasteiger charge is 2.23. The van der Waals surface area contributed by atoms with Gasteiger partial charge in [-0.05, 0) is 36.9 Å². The molecule has 1 saturated heterocycles. The van der Waals surface area contributed by atoms with Crippen LogP contribution in [0.5, 0.6) is 0 Å². The Morgan fingerprint density at radius 2 is 2.20 bits per heavy atom. The third-order valence-electron chi connectivity index (χ3n) is 3.12. The minimum absolute atomic E-state index is 0.0550. The Morgan fingerprint density at radius 1 is 1.40 bits per heavy atom. The minimum atomic E-state index is -0.0550. The molecule has 1 aromatic carbocycles. The zero-order valence-corrected chi connectivity index (χ0v) is 9.39. The molecular formula is C13H18FN. The molecule has 0 spiro atoms. The minimum Gasteiger partial charge on any atom is -0.310 e. The fourth-order valence-corrected chi connectivity index (χ4v) is 2.36. The van der Waals surface area contributed by atoms with E-state index in [4.69, 9.17) is 0 Å². The van der Waals surface area contributed by atoms with Crippen LogP contribution in [0.15, 0.2) is 18.2 Å². The molecule has 0 aromatic heterocycles. The highest BCUT2D eigenvalue weighted by Crippen LogP contribution is 2.31. The van der Waals surface area contributed by atoms with Crippen LogP contribution in [0.4, 0.5) is 4.39 Å². The topological polar surface area (TPSA) is 12.0 Å². The zero-order valence-electron chi connectivity index (χ0n) is 9.39. The lowest BCUT2D eigenvalue weighted by molar-refractivity contribution is 0.549. The number of rotatable bonds is 2. The number of hydrogen-bond acceptors (Lipinski definition) is 1. The largest absolute Gasteiger partial charge is 0.310 e. The molecule has 82 valence electrons. The maximum Gasteiger partial charge on any atom is 0.128 e. The molecule has 0 amide bonds. The Labute approximate surface area is 90.7 Å². The molecule has 1 N–H and O–H groups in total. The third-order valence-corrected chi connectivity index (χ3v) is 3.12. The second-order valence-electron chi connectivity index (χ2n) is 4.55. The van der Waals surface area contributed by atoms with E-state index in [9.17, 15) is 4.39 Å². The second kappa shape index (κ2) is 4.31. The van der Waals surface area contributed by atoms with Gasteiger partial charge in [0.1, 0.15) is 5.82 Å². The molecule has 15 heavy (non-hydrogen) atoms. The molecule has 0 aliphatic carbocycles. The summed E-state index contributed by atoms with van der Waals surface area (Å²) in [5, 5.41) is 3.37. The molecule has 1 aromatic rings. The predicted molar refractivity (Wildman–Crippen MR) is 60.5 cm³/mol. The quantitative estimate of drug-likeness (QED) is 0.784. The predicted octanol–water partition coefficient (Wildman–Crippen LogP) is 3.37. The summed E-state index contributed by atoms with van der Waals surface area (Å²) in [6.07, 6.45) is 2.21. The van der Waals surface area contributed by atoms with Crippen LogP contribution >= 0.6 is 0 Å². The second-order valence-corrected chi connectivity index (χ2v) is 4.55. The molecule has 0 radical (unpaired) electrons. The fraction of sp³-hybridized carbons (Fsp3) is 0.538. The average molecular weight is 207 g/mol. The van der Waals surface area contributed by atoms with Crippen molar-refractivity contribution in [3.8, 4) is 0 Å². The Kier molecular flexibility index (Phi) is 3.06. The molecule has 1 heterocycles. The highest BCUT2D eigenvalue weighted by molar-refractivity contribution is 5.34. The summed E-state index contributed by atoms with van der Waals surface area (Å²) in [4.78, 5) is 0. The van der Waals surface area contributed by atoms with Crippen molar-refractivity contribution in [2.24, 2.45) is 0 Å². The lowest BCUT2D eigenvalue weighted by atomic mass is 9.91. The average Bonchev–Trinajstić information content (AvgIpc) is 2.70. The maximum absolute atomic E-state index is 13.8. The van der Waals surface area contributed by atoms with Crippen LogP contribution in [0, 0.1) is 5.82 Å². The SMILES string of the molecule is CC(C)c1cccc(F)c1C1CCCN1. The van der Waals surface area contributed by atoms with Crippen molar-refractivity contribution in [2.75, 3.05) is 6.54 Å². The van der Waals surface area contributed by atoms with E-state index in [0.717, 1.165) is 30.5 Å². The van der Waals surface area contributed by atoms with Crippen molar-refractivity contribution in [2.45, 2.75) is 38.6 Å². The molecule has 2 heteroatoms. The number of benzene rings is 1. The van der Waals surface area contributed by atoms with Crippen LogP contribution in [0.1, 0.15) is 49.8 Å². The van der Waals surface area contributed by atoms with E-state index in [-0.39, 0.29) is 11.9 Å². The summed E-state index contributed by atoms with van der Waals surface area (Å²) in [6, 6.07) is 5.65. The zero-order chi connectivity index (χ0) is 10.8. The van der Waals surface area contributed by atoms with Gasteiger partial charge in [-0.25, -0.2) is 4.39 Å². The van der Waals surface area contributed by atoms with Crippen LogP contribution in [-0.2, 0) is 0 Å². The summed E-state index contributed by atoms with van der Waals surface area (Å²) < 4.78 is 13.8. The van der Waals surface area contributed by atoms with Gasteiger partial charge in [0.15, 0.2) is 0 Å². The van der Waals surface area contributed by atoms with Gasteiger partial charge in [0, 0.05) is 11.6 Å². The van der Waals surface area contributed by atoms with Gasteiger partial charge < -0.3 is 5.32 Å². The monoisotopic (exact) mass is 207 g/mol. The van der Waals surface area contributed by atoms with Crippen LogP contribution in [0.3, 0.4) is 0 Å². The van der Waals surface area contributed by atoms with E-state index >= 15 is 0 Å². The molecule has 2 rings (SSSR count). The summed E-state index contributed by atoms with van der Waals surface area (Å²) in [5.41, 5.74) is 2.04. The summed E-state index contributed by atoms with van der Waals surface area (Å²) >= 11 is 0. The van der Waals surface area contributed by atoms with Gasteiger partial charge in [-0.1, -0.05) is 26.0 Å². The standard InChI is InChI=1S/C13H18FN/c1-9(2)10-5-3-6-11(14)13(10)12-7-4-8-15-12/h3,5-6,9,12,15H,4,7-8H2,1-2H3. The molecule has 1 aliphatic heterocycles. The first kappa shape index (κ1) is 10.6. The number of nitrogens with one attached hydrogen (secondary N) is 1. The lowest BCUT2D eigenvalue weighted by Crippen LogP contribution is -2.16. The van der Waals surface area contributed by atoms with E-state index in [1.54, 1.807) is 6.07 Å². The smallest absolute Gasteiger partial charge is 0.128 e. The molecule has 0 saturated carbocycles. The first-order chi connectivity index (χ1) is 7.20. The van der Waals surface area contributed by atoms with Crippen LogP contribution in [0.2, 0.25) is 0 Å². The van der Waals surface area contributed by atoms with Crippen molar-refractivity contribution in [1.29, 1.82) is 0 Å². The van der Waals surface area contributed by atoms with E-state index in [0.29, 0.717) is 5.92 Å². The summed E-state index contributed by atoms with van der Waals surface area (Å²) in [5.74, 6) is 0.332. The van der Waals surface area contributed by atoms with Gasteiger partial charge in [0.25, 0.3) is 0 Å². The van der Waals surface area contributed by atoms with E-state index in [1.807, 2.05) is 12.1 Å². The van der Waals surface area contributed by atoms with Crippen molar-refractivity contribution < 1.29 is 4.39 Å². The molecule has 1 fully saturated rings. The van der Waals surface area contributed by atoms with Gasteiger partial charge in [-0.2, -0.15) is 0 Å². The Morgan fingerprint density at radius 3 is 2.80 bits per heavy atom. The summed E-state index contributed by atoms with van der Waals surface area (Å²) in [7, 11) is 0. The lowest BCUT2D eigenvalue weighted by Gasteiger charge is -2.19. The molecule has 1 unspecified atom stereocenters. The van der Waals surface area contributed by atoms with E-state index in [1.165, 1.54) is 0 Å². The van der Waals surface area contributed by atoms with Gasteiger partial charge in [0.05, 0.1) is 0 Å². The van der Waals surface area contributed by atoms with Crippen molar-refractivity contribution >= 4 is 0 Å². The number of halogens is 1. The first-order valence-corrected chi connectivity index (χ1v) is 5.72. The normalized spacial score (nSPS) is 21.2. The van der Waals surface area contributed by atoms with E-state index < -0.39 is 0 Å². The molecule has 1 aliphatic rings. The molecule has 1 nitrogen and oxygen atoms in total. The molecule has 0 bridgehead atoms. The van der Waals surface area contributed by atoms with Gasteiger partial charge >= 0.3 is 0 Å². The maximum atomic E-state index is 13.8. The Bertz CT molecular complexity index is 340. The first-order valence-electron chi connectivity index (χ1n) is 5.72. The Balaban J connectivity index is 2.41. The molecular weight excluding hydrogens is 189 g/mol.